The van der Waals surface area contributed by atoms with Crippen molar-refractivity contribution < 1.29 is 18.7 Å². The predicted octanol–water partition coefficient (Wildman–Crippen LogP) is 5.08. The highest BCUT2D eigenvalue weighted by Crippen LogP contribution is 2.31. The lowest BCUT2D eigenvalue weighted by Crippen LogP contribution is -2.50. The van der Waals surface area contributed by atoms with Crippen LogP contribution >= 0.6 is 11.6 Å². The molecule has 0 aromatic heterocycles. The number of rotatable bonds is 8. The summed E-state index contributed by atoms with van der Waals surface area (Å²) in [4.78, 5) is 28.1. The molecule has 1 aliphatic carbocycles. The monoisotopic (exact) mass is 474 g/mol. The van der Waals surface area contributed by atoms with Crippen LogP contribution in [0.15, 0.2) is 48.5 Å². The summed E-state index contributed by atoms with van der Waals surface area (Å²) in [5.41, 5.74) is 1.33. The van der Waals surface area contributed by atoms with E-state index in [1.165, 1.54) is 17.0 Å². The molecule has 7 heteroatoms. The van der Waals surface area contributed by atoms with Crippen LogP contribution in [0.25, 0.3) is 0 Å². The molecule has 3 rings (SSSR count). The van der Waals surface area contributed by atoms with Crippen molar-refractivity contribution in [2.75, 3.05) is 13.0 Å². The van der Waals surface area contributed by atoms with Crippen LogP contribution in [-0.2, 0) is 16.1 Å². The zero-order valence-corrected chi connectivity index (χ0v) is 20.1. The summed E-state index contributed by atoms with van der Waals surface area (Å²) in [6.45, 7) is 4.51. The average Bonchev–Trinajstić information content (AvgIpc) is 2.82. The summed E-state index contributed by atoms with van der Waals surface area (Å²) < 4.78 is 19.0. The number of alkyl halides is 1. The SMILES string of the molecule is COc1cccc(CN(C(=O)CCl)[C@H](C(=O)N[C@@H]2CCC[C@@H](C)[C@@H]2C)c2ccc(F)cc2)c1. The summed E-state index contributed by atoms with van der Waals surface area (Å²) in [5.74, 6) is 0.140. The van der Waals surface area contributed by atoms with Crippen LogP contribution in [0.4, 0.5) is 4.39 Å². The number of halogens is 2. The number of methoxy groups -OCH3 is 1. The first-order valence-electron chi connectivity index (χ1n) is 11.4. The minimum Gasteiger partial charge on any atom is -0.497 e. The van der Waals surface area contributed by atoms with Gasteiger partial charge < -0.3 is 15.0 Å². The molecular weight excluding hydrogens is 443 g/mol. The van der Waals surface area contributed by atoms with Crippen LogP contribution in [0.3, 0.4) is 0 Å². The molecule has 1 fully saturated rings. The van der Waals surface area contributed by atoms with E-state index in [4.69, 9.17) is 16.3 Å². The minimum atomic E-state index is -0.938. The van der Waals surface area contributed by atoms with E-state index in [2.05, 4.69) is 19.2 Å². The van der Waals surface area contributed by atoms with Crippen molar-refractivity contribution in [3.05, 3.63) is 65.5 Å². The Kier molecular flexibility index (Phi) is 8.73. The van der Waals surface area contributed by atoms with Gasteiger partial charge in [0.25, 0.3) is 0 Å². The van der Waals surface area contributed by atoms with Crippen LogP contribution in [0, 0.1) is 17.7 Å². The van der Waals surface area contributed by atoms with Crippen molar-refractivity contribution in [2.24, 2.45) is 11.8 Å². The van der Waals surface area contributed by atoms with Crippen LogP contribution in [0.5, 0.6) is 5.75 Å². The number of hydrogen-bond donors (Lipinski definition) is 1. The summed E-state index contributed by atoms with van der Waals surface area (Å²) in [6, 6.07) is 12.1. The fourth-order valence-electron chi connectivity index (χ4n) is 4.53. The number of carbonyl (C=O) groups excluding carboxylic acids is 2. The average molecular weight is 475 g/mol. The van der Waals surface area contributed by atoms with Gasteiger partial charge in [-0.05, 0) is 53.6 Å². The van der Waals surface area contributed by atoms with E-state index in [0.29, 0.717) is 23.1 Å². The Labute approximate surface area is 200 Å². The topological polar surface area (TPSA) is 58.6 Å². The number of nitrogens with zero attached hydrogens (tertiary/aromatic N) is 1. The Balaban J connectivity index is 1.96. The molecule has 5 nitrogen and oxygen atoms in total. The highest BCUT2D eigenvalue weighted by Gasteiger charge is 2.35. The summed E-state index contributed by atoms with van der Waals surface area (Å²) >= 11 is 5.96. The van der Waals surface area contributed by atoms with E-state index in [0.717, 1.165) is 24.8 Å². The molecule has 0 unspecified atom stereocenters. The normalized spacial score (nSPS) is 21.2. The van der Waals surface area contributed by atoms with Gasteiger partial charge in [0.1, 0.15) is 23.5 Å². The summed E-state index contributed by atoms with van der Waals surface area (Å²) in [6.07, 6.45) is 3.08. The molecule has 1 aliphatic rings. The van der Waals surface area contributed by atoms with Gasteiger partial charge in [0.15, 0.2) is 0 Å². The third-order valence-corrected chi connectivity index (χ3v) is 6.93. The number of carbonyl (C=O) groups is 2. The molecule has 33 heavy (non-hydrogen) atoms. The maximum atomic E-state index is 13.7. The first-order valence-corrected chi connectivity index (χ1v) is 11.9. The Morgan fingerprint density at radius 3 is 2.58 bits per heavy atom. The van der Waals surface area contributed by atoms with Crippen LogP contribution < -0.4 is 10.1 Å². The first kappa shape index (κ1) is 25.0. The van der Waals surface area contributed by atoms with Gasteiger partial charge >= 0.3 is 0 Å². The highest BCUT2D eigenvalue weighted by atomic mass is 35.5. The van der Waals surface area contributed by atoms with Crippen molar-refractivity contribution in [1.29, 1.82) is 0 Å². The van der Waals surface area contributed by atoms with Crippen molar-refractivity contribution in [3.63, 3.8) is 0 Å². The van der Waals surface area contributed by atoms with Crippen molar-refractivity contribution >= 4 is 23.4 Å². The van der Waals surface area contributed by atoms with E-state index in [-0.39, 0.29) is 30.3 Å². The van der Waals surface area contributed by atoms with Gasteiger partial charge in [-0.25, -0.2) is 4.39 Å². The lowest BCUT2D eigenvalue weighted by Gasteiger charge is -2.37. The van der Waals surface area contributed by atoms with Gasteiger partial charge in [-0.2, -0.15) is 0 Å². The second-order valence-corrected chi connectivity index (χ2v) is 9.11. The highest BCUT2D eigenvalue weighted by molar-refractivity contribution is 6.27. The lowest BCUT2D eigenvalue weighted by atomic mass is 9.78. The molecule has 0 aliphatic heterocycles. The third kappa shape index (κ3) is 6.26. The molecule has 4 atom stereocenters. The van der Waals surface area contributed by atoms with Gasteiger partial charge in [0.2, 0.25) is 11.8 Å². The van der Waals surface area contributed by atoms with E-state index in [9.17, 15) is 14.0 Å². The molecule has 1 N–H and O–H groups in total. The van der Waals surface area contributed by atoms with E-state index < -0.39 is 11.9 Å². The lowest BCUT2D eigenvalue weighted by molar-refractivity contribution is -0.140. The molecule has 2 aromatic carbocycles. The molecular formula is C26H32ClFN2O3. The first-order chi connectivity index (χ1) is 15.8. The molecule has 0 radical (unpaired) electrons. The zero-order valence-electron chi connectivity index (χ0n) is 19.4. The second-order valence-electron chi connectivity index (χ2n) is 8.84. The Morgan fingerprint density at radius 2 is 1.91 bits per heavy atom. The maximum absolute atomic E-state index is 13.7. The standard InChI is InChI=1S/C26H32ClFN2O3/c1-17-6-4-9-23(18(17)2)29-26(32)25(20-10-12-21(28)13-11-20)30(24(31)15-27)16-19-7-5-8-22(14-19)33-3/h5,7-8,10-14,17-18,23,25H,4,6,9,15-16H2,1-3H3,(H,29,32)/t17-,18+,23-,25+/m1/s1. The van der Waals surface area contributed by atoms with Gasteiger partial charge in [0, 0.05) is 12.6 Å². The molecule has 1 saturated carbocycles. The van der Waals surface area contributed by atoms with Crippen molar-refractivity contribution in [2.45, 2.75) is 51.7 Å². The zero-order chi connectivity index (χ0) is 24.0. The minimum absolute atomic E-state index is 0.0222. The Hall–Kier alpha value is -2.60. The predicted molar refractivity (Wildman–Crippen MR) is 128 cm³/mol. The van der Waals surface area contributed by atoms with Crippen LogP contribution in [0.1, 0.15) is 50.3 Å². The fourth-order valence-corrected chi connectivity index (χ4v) is 4.69. The molecule has 2 aromatic rings. The second kappa shape index (κ2) is 11.5. The van der Waals surface area contributed by atoms with Gasteiger partial charge in [0.05, 0.1) is 7.11 Å². The molecule has 2 amide bonds. The number of hydrogen-bond acceptors (Lipinski definition) is 3. The Bertz CT molecular complexity index is 953. The number of benzene rings is 2. The molecule has 0 heterocycles. The van der Waals surface area contributed by atoms with Crippen molar-refractivity contribution in [3.8, 4) is 5.75 Å². The van der Waals surface area contributed by atoms with Crippen LogP contribution in [-0.4, -0.2) is 35.7 Å². The van der Waals surface area contributed by atoms with Gasteiger partial charge in [-0.1, -0.05) is 51.0 Å². The summed E-state index contributed by atoms with van der Waals surface area (Å²) in [7, 11) is 1.57. The van der Waals surface area contributed by atoms with E-state index >= 15 is 0 Å². The largest absolute Gasteiger partial charge is 0.497 e. The smallest absolute Gasteiger partial charge is 0.247 e. The van der Waals surface area contributed by atoms with E-state index in [1.54, 1.807) is 19.2 Å². The van der Waals surface area contributed by atoms with Gasteiger partial charge in [-0.3, -0.25) is 9.59 Å². The number of nitrogens with one attached hydrogen (secondary N) is 1. The quantitative estimate of drug-likeness (QED) is 0.542. The third-order valence-electron chi connectivity index (χ3n) is 6.70. The Morgan fingerprint density at radius 1 is 1.18 bits per heavy atom. The molecule has 0 saturated heterocycles. The fraction of sp³-hybridized carbons (Fsp3) is 0.462. The number of ether oxygens (including phenoxy) is 1. The van der Waals surface area contributed by atoms with Crippen LogP contribution in [0.2, 0.25) is 0 Å². The van der Waals surface area contributed by atoms with Crippen molar-refractivity contribution in [1.82, 2.24) is 10.2 Å². The molecule has 178 valence electrons. The molecule has 0 spiro atoms. The molecule has 0 bridgehead atoms. The number of amides is 2. The summed E-state index contributed by atoms with van der Waals surface area (Å²) in [5, 5.41) is 3.19. The maximum Gasteiger partial charge on any atom is 0.247 e. The van der Waals surface area contributed by atoms with Gasteiger partial charge in [-0.15, -0.1) is 11.6 Å². The van der Waals surface area contributed by atoms with E-state index in [1.807, 2.05) is 24.3 Å².